The van der Waals surface area contributed by atoms with Gasteiger partial charge in [0.1, 0.15) is 6.54 Å². The molecule has 3 aromatic carbocycles. The number of rotatable bonds is 6. The molecular formula is C28H21Cl2N3O3S. The Morgan fingerprint density at radius 1 is 1.03 bits per heavy atom. The molecule has 6 nitrogen and oxygen atoms in total. The van der Waals surface area contributed by atoms with Gasteiger partial charge in [0.2, 0.25) is 5.91 Å². The van der Waals surface area contributed by atoms with Gasteiger partial charge in [0.25, 0.3) is 11.1 Å². The number of amides is 3. The molecular weight excluding hydrogens is 529 g/mol. The fraction of sp³-hybridized carbons (Fsp3) is 0.107. The Morgan fingerprint density at radius 2 is 1.78 bits per heavy atom. The van der Waals surface area contributed by atoms with E-state index in [-0.39, 0.29) is 11.4 Å². The van der Waals surface area contributed by atoms with Gasteiger partial charge in [-0.05, 0) is 66.2 Å². The Labute approximate surface area is 227 Å². The maximum atomic E-state index is 13.1. The zero-order valence-electron chi connectivity index (χ0n) is 19.7. The van der Waals surface area contributed by atoms with Gasteiger partial charge in [-0.1, -0.05) is 59.6 Å². The Kier molecular flexibility index (Phi) is 7.11. The minimum atomic E-state index is -0.498. The van der Waals surface area contributed by atoms with Crippen molar-refractivity contribution in [2.75, 3.05) is 11.9 Å². The average molecular weight is 550 g/mol. The van der Waals surface area contributed by atoms with Crippen molar-refractivity contribution in [3.63, 3.8) is 0 Å². The molecule has 2 heterocycles. The molecule has 5 rings (SSSR count). The molecule has 1 fully saturated rings. The largest absolute Gasteiger partial charge is 0.342 e. The van der Waals surface area contributed by atoms with E-state index in [1.165, 1.54) is 0 Å². The Morgan fingerprint density at radius 3 is 2.54 bits per heavy atom. The van der Waals surface area contributed by atoms with Crippen LogP contribution in [0.2, 0.25) is 10.0 Å². The van der Waals surface area contributed by atoms with E-state index in [0.717, 1.165) is 44.3 Å². The molecule has 37 heavy (non-hydrogen) atoms. The van der Waals surface area contributed by atoms with Gasteiger partial charge in [-0.2, -0.15) is 0 Å². The van der Waals surface area contributed by atoms with Crippen LogP contribution >= 0.6 is 35.0 Å². The number of nitrogens with zero attached hydrogens (tertiary/aromatic N) is 2. The summed E-state index contributed by atoms with van der Waals surface area (Å²) in [5.74, 6) is -0.982. The van der Waals surface area contributed by atoms with Crippen LogP contribution in [0.5, 0.6) is 0 Å². The summed E-state index contributed by atoms with van der Waals surface area (Å²) in [6, 6.07) is 20.6. The molecule has 0 unspecified atom stereocenters. The summed E-state index contributed by atoms with van der Waals surface area (Å²) in [5.41, 5.74) is 4.27. The molecule has 186 valence electrons. The Hall–Kier alpha value is -3.52. The summed E-state index contributed by atoms with van der Waals surface area (Å²) in [5, 5.41) is 4.35. The maximum absolute atomic E-state index is 13.1. The quantitative estimate of drug-likeness (QED) is 0.263. The van der Waals surface area contributed by atoms with Gasteiger partial charge in [0, 0.05) is 44.9 Å². The molecule has 0 radical (unpaired) electrons. The van der Waals surface area contributed by atoms with Crippen molar-refractivity contribution in [2.45, 2.75) is 13.5 Å². The molecule has 1 aromatic heterocycles. The highest BCUT2D eigenvalue weighted by Gasteiger charge is 2.36. The summed E-state index contributed by atoms with van der Waals surface area (Å²) in [7, 11) is 0. The molecule has 0 atom stereocenters. The number of fused-ring (bicyclic) bond motifs is 1. The van der Waals surface area contributed by atoms with Crippen molar-refractivity contribution < 1.29 is 14.4 Å². The van der Waals surface area contributed by atoms with Crippen molar-refractivity contribution in [1.29, 1.82) is 0 Å². The summed E-state index contributed by atoms with van der Waals surface area (Å²) < 4.78 is 2.09. The van der Waals surface area contributed by atoms with Gasteiger partial charge in [-0.3, -0.25) is 19.3 Å². The van der Waals surface area contributed by atoms with Gasteiger partial charge >= 0.3 is 0 Å². The summed E-state index contributed by atoms with van der Waals surface area (Å²) in [4.78, 5) is 39.5. The molecule has 1 aliphatic rings. The van der Waals surface area contributed by atoms with E-state index >= 15 is 0 Å². The highest BCUT2D eigenvalue weighted by Crippen LogP contribution is 2.34. The van der Waals surface area contributed by atoms with Crippen molar-refractivity contribution in [1.82, 2.24) is 9.47 Å². The highest BCUT2D eigenvalue weighted by molar-refractivity contribution is 8.18. The van der Waals surface area contributed by atoms with Gasteiger partial charge < -0.3 is 9.88 Å². The molecule has 0 bridgehead atoms. The van der Waals surface area contributed by atoms with Crippen LogP contribution in [-0.4, -0.2) is 33.1 Å². The molecule has 0 spiro atoms. The molecule has 0 saturated carbocycles. The zero-order valence-corrected chi connectivity index (χ0v) is 22.0. The number of hydrogen-bond acceptors (Lipinski definition) is 4. The molecule has 1 saturated heterocycles. The van der Waals surface area contributed by atoms with E-state index in [4.69, 9.17) is 23.2 Å². The number of benzene rings is 3. The van der Waals surface area contributed by atoms with Crippen molar-refractivity contribution >= 4 is 74.7 Å². The highest BCUT2D eigenvalue weighted by atomic mass is 35.5. The average Bonchev–Trinajstić information content (AvgIpc) is 3.35. The fourth-order valence-corrected chi connectivity index (χ4v) is 5.24. The third kappa shape index (κ3) is 5.44. The van der Waals surface area contributed by atoms with E-state index in [1.807, 2.05) is 61.7 Å². The lowest BCUT2D eigenvalue weighted by molar-refractivity contribution is -0.127. The van der Waals surface area contributed by atoms with E-state index in [9.17, 15) is 14.4 Å². The fourth-order valence-electron chi connectivity index (χ4n) is 4.10. The van der Waals surface area contributed by atoms with E-state index < -0.39 is 17.1 Å². The number of anilines is 1. The van der Waals surface area contributed by atoms with Crippen LogP contribution < -0.4 is 5.32 Å². The second-order valence-corrected chi connectivity index (χ2v) is 10.5. The van der Waals surface area contributed by atoms with E-state index in [2.05, 4.69) is 9.88 Å². The third-order valence-electron chi connectivity index (χ3n) is 6.00. The van der Waals surface area contributed by atoms with Gasteiger partial charge in [0.05, 0.1) is 4.91 Å². The number of thioether (sulfide) groups is 1. The minimum absolute atomic E-state index is 0.269. The third-order valence-corrected chi connectivity index (χ3v) is 7.57. The van der Waals surface area contributed by atoms with Crippen molar-refractivity contribution in [3.05, 3.63) is 105 Å². The monoisotopic (exact) mass is 549 g/mol. The van der Waals surface area contributed by atoms with Crippen molar-refractivity contribution in [2.24, 2.45) is 0 Å². The normalized spacial score (nSPS) is 14.7. The van der Waals surface area contributed by atoms with Crippen LogP contribution in [0.4, 0.5) is 10.5 Å². The molecule has 0 aliphatic carbocycles. The molecule has 1 aliphatic heterocycles. The second-order valence-electron chi connectivity index (χ2n) is 8.64. The number of imide groups is 1. The predicted molar refractivity (Wildman–Crippen MR) is 150 cm³/mol. The lowest BCUT2D eigenvalue weighted by Gasteiger charge is -2.12. The SMILES string of the molecule is Cc1ccc(NC(=O)CN2C(=O)S/C(=C\c3cn(Cc4ccc(Cl)cc4)c4ccccc34)C2=O)cc1Cl. The molecule has 9 heteroatoms. The lowest BCUT2D eigenvalue weighted by Crippen LogP contribution is -2.36. The van der Waals surface area contributed by atoms with E-state index in [0.29, 0.717) is 22.3 Å². The van der Waals surface area contributed by atoms with Crippen LogP contribution in [0.15, 0.2) is 77.8 Å². The topological polar surface area (TPSA) is 71.4 Å². The Balaban J connectivity index is 1.36. The first kappa shape index (κ1) is 25.1. The number of aromatic nitrogens is 1. The first-order valence-corrected chi connectivity index (χ1v) is 13.0. The summed E-state index contributed by atoms with van der Waals surface area (Å²) in [6.07, 6.45) is 3.67. The first-order chi connectivity index (χ1) is 17.8. The smallest absolute Gasteiger partial charge is 0.294 e. The number of carbonyl (C=O) groups is 3. The van der Waals surface area contributed by atoms with Crippen LogP contribution in [0.1, 0.15) is 16.7 Å². The molecule has 1 N–H and O–H groups in total. The number of para-hydroxylation sites is 1. The number of carbonyl (C=O) groups excluding carboxylic acids is 3. The number of aryl methyl sites for hydroxylation is 1. The van der Waals surface area contributed by atoms with Gasteiger partial charge in [-0.25, -0.2) is 0 Å². The number of halogens is 2. The number of nitrogens with one attached hydrogen (secondary N) is 1. The molecule has 3 amide bonds. The van der Waals surface area contributed by atoms with Crippen LogP contribution in [0.3, 0.4) is 0 Å². The second kappa shape index (κ2) is 10.5. The van der Waals surface area contributed by atoms with Gasteiger partial charge in [0.15, 0.2) is 0 Å². The van der Waals surface area contributed by atoms with Crippen LogP contribution in [0, 0.1) is 6.92 Å². The Bertz CT molecular complexity index is 1580. The van der Waals surface area contributed by atoms with Crippen LogP contribution in [-0.2, 0) is 16.1 Å². The standard InChI is InChI=1S/C28H21Cl2N3O3S/c1-17-6-11-21(13-23(17)30)31-26(34)16-33-27(35)25(37-28(33)36)12-19-15-32(24-5-3-2-4-22(19)24)14-18-7-9-20(29)10-8-18/h2-13,15H,14,16H2,1H3,(H,31,34)/b25-12-. The summed E-state index contributed by atoms with van der Waals surface area (Å²) >= 11 is 13.0. The number of hydrogen-bond donors (Lipinski definition) is 1. The maximum Gasteiger partial charge on any atom is 0.294 e. The van der Waals surface area contributed by atoms with Crippen LogP contribution in [0.25, 0.3) is 17.0 Å². The van der Waals surface area contributed by atoms with Gasteiger partial charge in [-0.15, -0.1) is 0 Å². The lowest BCUT2D eigenvalue weighted by atomic mass is 10.1. The zero-order chi connectivity index (χ0) is 26.1. The van der Waals surface area contributed by atoms with E-state index in [1.54, 1.807) is 24.3 Å². The van der Waals surface area contributed by atoms with Crippen molar-refractivity contribution in [3.8, 4) is 0 Å². The summed E-state index contributed by atoms with van der Waals surface area (Å²) in [6.45, 7) is 2.09. The first-order valence-electron chi connectivity index (χ1n) is 11.4. The molecule has 4 aromatic rings. The predicted octanol–water partition coefficient (Wildman–Crippen LogP) is 6.98. The minimum Gasteiger partial charge on any atom is -0.342 e.